The molecule has 15 heavy (non-hydrogen) atoms. The lowest BCUT2D eigenvalue weighted by atomic mass is 10.1. The van der Waals surface area contributed by atoms with Gasteiger partial charge >= 0.3 is 0 Å². The van der Waals surface area contributed by atoms with Crippen molar-refractivity contribution < 1.29 is 4.74 Å². The monoisotopic (exact) mass is 259 g/mol. The Morgan fingerprint density at radius 3 is 2.53 bits per heavy atom. The third kappa shape index (κ3) is 2.24. The quantitative estimate of drug-likeness (QED) is 0.817. The minimum absolute atomic E-state index is 0.447. The predicted molar refractivity (Wildman–Crippen MR) is 61.5 cm³/mol. The molecule has 2 nitrogen and oxygen atoms in total. The van der Waals surface area contributed by atoms with Gasteiger partial charge in [-0.15, -0.1) is 0 Å². The highest BCUT2D eigenvalue weighted by Crippen LogP contribution is 2.39. The molecule has 1 fully saturated rings. The first-order valence-corrected chi connectivity index (χ1v) is 5.85. The molecular formula is C10H7Cl2NOS. The van der Waals surface area contributed by atoms with E-state index in [1.165, 1.54) is 11.8 Å². The van der Waals surface area contributed by atoms with Crippen LogP contribution in [0.2, 0.25) is 10.0 Å². The van der Waals surface area contributed by atoms with Crippen molar-refractivity contribution >= 4 is 35.0 Å². The van der Waals surface area contributed by atoms with E-state index in [2.05, 4.69) is 6.07 Å². The van der Waals surface area contributed by atoms with Crippen LogP contribution in [0, 0.1) is 11.3 Å². The number of hydrogen-bond donors (Lipinski definition) is 0. The molecule has 1 saturated heterocycles. The zero-order valence-electron chi connectivity index (χ0n) is 7.67. The van der Waals surface area contributed by atoms with Gasteiger partial charge in [-0.3, -0.25) is 0 Å². The Labute approximate surface area is 102 Å². The summed E-state index contributed by atoms with van der Waals surface area (Å²) in [5, 5.41) is 10.0. The molecule has 0 aromatic heterocycles. The van der Waals surface area contributed by atoms with Gasteiger partial charge in [0.25, 0.3) is 0 Å². The molecule has 1 aliphatic heterocycles. The maximum Gasteiger partial charge on any atom is 0.153 e. The minimum atomic E-state index is -0.447. The van der Waals surface area contributed by atoms with Gasteiger partial charge in [-0.1, -0.05) is 35.0 Å². The number of nitriles is 1. The lowest BCUT2D eigenvalue weighted by Crippen LogP contribution is -2.45. The number of nitrogens with zero attached hydrogens (tertiary/aromatic N) is 1. The standard InChI is InChI=1S/C10H7Cl2NOS/c11-8-2-1-7(3-9(8)12)15-10(4-13)5-14-6-10/h1-3H,5-6H2. The van der Waals surface area contributed by atoms with Crippen LogP contribution in [0.5, 0.6) is 0 Å². The average molecular weight is 260 g/mol. The molecule has 0 aliphatic carbocycles. The number of benzene rings is 1. The second kappa shape index (κ2) is 4.23. The van der Waals surface area contributed by atoms with Crippen LogP contribution in [-0.4, -0.2) is 18.0 Å². The maximum absolute atomic E-state index is 9.01. The summed E-state index contributed by atoms with van der Waals surface area (Å²) < 4.78 is 4.61. The molecule has 1 aromatic carbocycles. The van der Waals surface area contributed by atoms with E-state index >= 15 is 0 Å². The molecule has 0 atom stereocenters. The Morgan fingerprint density at radius 2 is 2.07 bits per heavy atom. The van der Waals surface area contributed by atoms with Crippen LogP contribution in [0.15, 0.2) is 23.1 Å². The van der Waals surface area contributed by atoms with Gasteiger partial charge in [0.2, 0.25) is 0 Å². The van der Waals surface area contributed by atoms with Crippen molar-refractivity contribution in [3.05, 3.63) is 28.2 Å². The molecule has 0 N–H and O–H groups in total. The summed E-state index contributed by atoms with van der Waals surface area (Å²) in [6.07, 6.45) is 0. The SMILES string of the molecule is N#CC1(Sc2ccc(Cl)c(Cl)c2)COC1. The van der Waals surface area contributed by atoms with E-state index in [9.17, 15) is 0 Å². The van der Waals surface area contributed by atoms with Crippen molar-refractivity contribution in [1.29, 1.82) is 5.26 Å². The molecule has 0 bridgehead atoms. The van der Waals surface area contributed by atoms with Crippen molar-refractivity contribution in [2.45, 2.75) is 9.64 Å². The lowest BCUT2D eigenvalue weighted by molar-refractivity contribution is 0.0161. The van der Waals surface area contributed by atoms with Crippen molar-refractivity contribution in [3.63, 3.8) is 0 Å². The van der Waals surface area contributed by atoms with Crippen LogP contribution in [0.25, 0.3) is 0 Å². The smallest absolute Gasteiger partial charge is 0.153 e. The van der Waals surface area contributed by atoms with Crippen LogP contribution >= 0.6 is 35.0 Å². The van der Waals surface area contributed by atoms with E-state index in [4.69, 9.17) is 33.2 Å². The van der Waals surface area contributed by atoms with Gasteiger partial charge in [0.1, 0.15) is 0 Å². The number of ether oxygens (including phenoxy) is 1. The zero-order valence-corrected chi connectivity index (χ0v) is 9.99. The highest BCUT2D eigenvalue weighted by Gasteiger charge is 2.40. The van der Waals surface area contributed by atoms with Crippen LogP contribution < -0.4 is 0 Å². The Morgan fingerprint density at radius 1 is 1.33 bits per heavy atom. The summed E-state index contributed by atoms with van der Waals surface area (Å²) in [4.78, 5) is 0.939. The first-order chi connectivity index (χ1) is 7.15. The van der Waals surface area contributed by atoms with Crippen molar-refractivity contribution in [3.8, 4) is 6.07 Å². The lowest BCUT2D eigenvalue weighted by Gasteiger charge is -2.34. The number of rotatable bonds is 2. The summed E-state index contributed by atoms with van der Waals surface area (Å²) in [5.41, 5.74) is 0. The van der Waals surface area contributed by atoms with E-state index < -0.39 is 4.75 Å². The molecule has 5 heteroatoms. The van der Waals surface area contributed by atoms with Gasteiger partial charge in [0.05, 0.1) is 29.3 Å². The minimum Gasteiger partial charge on any atom is -0.376 e. The first kappa shape index (κ1) is 11.1. The number of hydrogen-bond acceptors (Lipinski definition) is 3. The molecule has 1 aliphatic rings. The summed E-state index contributed by atoms with van der Waals surface area (Å²) in [6, 6.07) is 7.62. The van der Waals surface area contributed by atoms with E-state index in [-0.39, 0.29) is 0 Å². The molecule has 0 saturated carbocycles. The van der Waals surface area contributed by atoms with Crippen LogP contribution in [-0.2, 0) is 4.74 Å². The number of halogens is 2. The second-order valence-electron chi connectivity index (χ2n) is 3.28. The van der Waals surface area contributed by atoms with Gasteiger partial charge in [-0.25, -0.2) is 0 Å². The third-order valence-corrected chi connectivity index (χ3v) is 4.02. The predicted octanol–water partition coefficient (Wildman–Crippen LogP) is 3.38. The summed E-state index contributed by atoms with van der Waals surface area (Å²) in [6.45, 7) is 0.933. The molecule has 0 unspecified atom stereocenters. The Hall–Kier alpha value is -0.400. The molecule has 2 rings (SSSR count). The van der Waals surface area contributed by atoms with Gasteiger partial charge in [0, 0.05) is 4.90 Å². The summed E-state index contributed by atoms with van der Waals surface area (Å²) >= 11 is 13.2. The molecule has 1 aromatic rings. The van der Waals surface area contributed by atoms with E-state index in [1.807, 2.05) is 6.07 Å². The van der Waals surface area contributed by atoms with Crippen LogP contribution in [0.3, 0.4) is 0 Å². The fourth-order valence-electron chi connectivity index (χ4n) is 1.20. The highest BCUT2D eigenvalue weighted by molar-refractivity contribution is 8.01. The number of thioether (sulfide) groups is 1. The molecule has 78 valence electrons. The van der Waals surface area contributed by atoms with Crippen LogP contribution in [0.1, 0.15) is 0 Å². The average Bonchev–Trinajstić information content (AvgIpc) is 2.17. The van der Waals surface area contributed by atoms with Gasteiger partial charge in [-0.05, 0) is 18.2 Å². The van der Waals surface area contributed by atoms with Crippen molar-refractivity contribution in [2.75, 3.05) is 13.2 Å². The van der Waals surface area contributed by atoms with Gasteiger partial charge in [-0.2, -0.15) is 5.26 Å². The molecule has 0 amide bonds. The first-order valence-electron chi connectivity index (χ1n) is 4.28. The normalized spacial score (nSPS) is 17.9. The summed E-state index contributed by atoms with van der Waals surface area (Å²) in [5.74, 6) is 0. The topological polar surface area (TPSA) is 33.0 Å². The van der Waals surface area contributed by atoms with E-state index in [1.54, 1.807) is 12.1 Å². The van der Waals surface area contributed by atoms with Gasteiger partial charge in [0.15, 0.2) is 4.75 Å². The van der Waals surface area contributed by atoms with E-state index in [0.29, 0.717) is 23.3 Å². The Kier molecular flexibility index (Phi) is 3.13. The fourth-order valence-corrected chi connectivity index (χ4v) is 2.66. The Bertz CT molecular complexity index is 426. The molecular weight excluding hydrogens is 253 g/mol. The molecule has 1 heterocycles. The van der Waals surface area contributed by atoms with Gasteiger partial charge < -0.3 is 4.74 Å². The van der Waals surface area contributed by atoms with Crippen molar-refractivity contribution in [1.82, 2.24) is 0 Å². The zero-order chi connectivity index (χ0) is 10.9. The fraction of sp³-hybridized carbons (Fsp3) is 0.300. The maximum atomic E-state index is 9.01. The van der Waals surface area contributed by atoms with E-state index in [0.717, 1.165) is 4.90 Å². The molecule has 0 radical (unpaired) electrons. The summed E-state index contributed by atoms with van der Waals surface area (Å²) in [7, 11) is 0. The second-order valence-corrected chi connectivity index (χ2v) is 5.55. The molecule has 0 spiro atoms. The highest BCUT2D eigenvalue weighted by atomic mass is 35.5. The van der Waals surface area contributed by atoms with Crippen LogP contribution in [0.4, 0.5) is 0 Å². The third-order valence-electron chi connectivity index (χ3n) is 2.08. The largest absolute Gasteiger partial charge is 0.376 e. The van der Waals surface area contributed by atoms with Crippen molar-refractivity contribution in [2.24, 2.45) is 0 Å². The Balaban J connectivity index is 2.18.